The molecule has 1 N–H and O–H groups in total. The minimum Gasteiger partial charge on any atom is -0.352 e. The van der Waals surface area contributed by atoms with Crippen molar-refractivity contribution in [1.29, 1.82) is 0 Å². The summed E-state index contributed by atoms with van der Waals surface area (Å²) in [5.41, 5.74) is -0.428. The number of carbonyl (C=O) groups is 2. The Hall–Kier alpha value is -1.89. The molecule has 2 amide bonds. The van der Waals surface area contributed by atoms with E-state index in [0.29, 0.717) is 18.0 Å². The lowest BCUT2D eigenvalue weighted by Gasteiger charge is -2.18. The van der Waals surface area contributed by atoms with Crippen LogP contribution >= 0.6 is 0 Å². The highest BCUT2D eigenvalue weighted by Crippen LogP contribution is 2.35. The summed E-state index contributed by atoms with van der Waals surface area (Å²) in [5, 5.41) is 2.77. The highest BCUT2D eigenvalue weighted by Gasteiger charge is 2.49. The largest absolute Gasteiger partial charge is 0.352 e. The molecule has 0 radical (unpaired) electrons. The Morgan fingerprint density at radius 3 is 2.52 bits per heavy atom. The number of nitrogens with one attached hydrogen (secondary N) is 1. The van der Waals surface area contributed by atoms with Crippen molar-refractivity contribution < 1.29 is 18.0 Å². The van der Waals surface area contributed by atoms with Gasteiger partial charge in [0, 0.05) is 12.1 Å². The van der Waals surface area contributed by atoms with Gasteiger partial charge in [0.15, 0.2) is 0 Å². The molecule has 1 aliphatic rings. The SMILES string of the molecule is CC(C)CNC(=O)c1cccc(N2C(=O)C(C)(C)CS2(=O)=O)c1. The third-order valence-electron chi connectivity index (χ3n) is 3.60. The Morgan fingerprint density at radius 1 is 1.35 bits per heavy atom. The maximum absolute atomic E-state index is 12.4. The molecule has 7 heteroatoms. The number of hydrogen-bond acceptors (Lipinski definition) is 4. The molecule has 23 heavy (non-hydrogen) atoms. The molecule has 0 aliphatic carbocycles. The fourth-order valence-electron chi connectivity index (χ4n) is 2.43. The summed E-state index contributed by atoms with van der Waals surface area (Å²) < 4.78 is 25.4. The Kier molecular flexibility index (Phi) is 4.52. The maximum atomic E-state index is 12.4. The van der Waals surface area contributed by atoms with Gasteiger partial charge < -0.3 is 5.32 Å². The molecule has 6 nitrogen and oxygen atoms in total. The molecule has 1 aliphatic heterocycles. The molecule has 0 atom stereocenters. The fraction of sp³-hybridized carbons (Fsp3) is 0.500. The van der Waals surface area contributed by atoms with Crippen molar-refractivity contribution in [1.82, 2.24) is 5.32 Å². The van der Waals surface area contributed by atoms with E-state index in [1.54, 1.807) is 26.0 Å². The van der Waals surface area contributed by atoms with E-state index in [4.69, 9.17) is 0 Å². The molecule has 1 saturated heterocycles. The lowest BCUT2D eigenvalue weighted by Crippen LogP contribution is -2.33. The first kappa shape index (κ1) is 17.5. The Balaban J connectivity index is 2.33. The van der Waals surface area contributed by atoms with Gasteiger partial charge in [-0.1, -0.05) is 19.9 Å². The molecule has 126 valence electrons. The lowest BCUT2D eigenvalue weighted by molar-refractivity contribution is -0.123. The van der Waals surface area contributed by atoms with Gasteiger partial charge in [-0.3, -0.25) is 9.59 Å². The van der Waals surface area contributed by atoms with Crippen LogP contribution in [0, 0.1) is 11.3 Å². The average molecular weight is 338 g/mol. The molecule has 1 fully saturated rings. The monoisotopic (exact) mass is 338 g/mol. The van der Waals surface area contributed by atoms with Crippen LogP contribution in [-0.2, 0) is 14.8 Å². The van der Waals surface area contributed by atoms with Gasteiger partial charge in [-0.25, -0.2) is 12.7 Å². The Bertz CT molecular complexity index is 738. The fourth-order valence-corrected chi connectivity index (χ4v) is 4.53. The van der Waals surface area contributed by atoms with Crippen molar-refractivity contribution in [3.05, 3.63) is 29.8 Å². The van der Waals surface area contributed by atoms with Crippen LogP contribution in [0.15, 0.2) is 24.3 Å². The Labute approximate surface area is 136 Å². The molecule has 0 aromatic heterocycles. The molecule has 0 saturated carbocycles. The zero-order valence-electron chi connectivity index (χ0n) is 13.8. The molecular formula is C16H22N2O4S. The second-order valence-corrected chi connectivity index (χ2v) is 8.68. The number of benzene rings is 1. The normalized spacial score (nSPS) is 19.2. The van der Waals surface area contributed by atoms with Gasteiger partial charge in [-0.2, -0.15) is 0 Å². The van der Waals surface area contributed by atoms with Crippen molar-refractivity contribution in [2.45, 2.75) is 27.7 Å². The number of hydrogen-bond donors (Lipinski definition) is 1. The van der Waals surface area contributed by atoms with Gasteiger partial charge in [-0.05, 0) is 38.0 Å². The summed E-state index contributed by atoms with van der Waals surface area (Å²) in [4.78, 5) is 24.5. The summed E-state index contributed by atoms with van der Waals surface area (Å²) >= 11 is 0. The van der Waals surface area contributed by atoms with Crippen LogP contribution < -0.4 is 9.62 Å². The van der Waals surface area contributed by atoms with E-state index in [0.717, 1.165) is 4.31 Å². The predicted molar refractivity (Wildman–Crippen MR) is 88.7 cm³/mol. The van der Waals surface area contributed by atoms with Crippen molar-refractivity contribution >= 4 is 27.5 Å². The van der Waals surface area contributed by atoms with Crippen molar-refractivity contribution in [3.8, 4) is 0 Å². The van der Waals surface area contributed by atoms with Crippen LogP contribution in [0.2, 0.25) is 0 Å². The minimum atomic E-state index is -3.71. The summed E-state index contributed by atoms with van der Waals surface area (Å²) in [7, 11) is -3.71. The van der Waals surface area contributed by atoms with Gasteiger partial charge in [-0.15, -0.1) is 0 Å². The number of sulfonamides is 1. The number of carbonyl (C=O) groups excluding carboxylic acids is 2. The number of nitrogens with zero attached hydrogens (tertiary/aromatic N) is 1. The first-order valence-electron chi connectivity index (χ1n) is 7.50. The second-order valence-electron chi connectivity index (χ2n) is 6.86. The van der Waals surface area contributed by atoms with Gasteiger partial charge in [0.1, 0.15) is 0 Å². The van der Waals surface area contributed by atoms with Crippen LogP contribution in [0.3, 0.4) is 0 Å². The molecule has 1 aromatic carbocycles. The minimum absolute atomic E-state index is 0.206. The summed E-state index contributed by atoms with van der Waals surface area (Å²) in [6, 6.07) is 6.13. The van der Waals surface area contributed by atoms with E-state index < -0.39 is 21.3 Å². The van der Waals surface area contributed by atoms with Crippen molar-refractivity contribution in [2.24, 2.45) is 11.3 Å². The molecule has 0 spiro atoms. The predicted octanol–water partition coefficient (Wildman–Crippen LogP) is 1.77. The zero-order chi connectivity index (χ0) is 17.4. The van der Waals surface area contributed by atoms with E-state index in [1.165, 1.54) is 12.1 Å². The molecule has 0 unspecified atom stereocenters. The van der Waals surface area contributed by atoms with Gasteiger partial charge in [0.2, 0.25) is 15.9 Å². The van der Waals surface area contributed by atoms with E-state index in [9.17, 15) is 18.0 Å². The third-order valence-corrected chi connectivity index (χ3v) is 5.62. The van der Waals surface area contributed by atoms with Crippen molar-refractivity contribution in [3.63, 3.8) is 0 Å². The van der Waals surface area contributed by atoms with Crippen LogP contribution in [0.1, 0.15) is 38.1 Å². The van der Waals surface area contributed by atoms with Gasteiger partial charge >= 0.3 is 0 Å². The first-order valence-corrected chi connectivity index (χ1v) is 9.11. The molecular weight excluding hydrogens is 316 g/mol. The van der Waals surface area contributed by atoms with Crippen LogP contribution in [0.25, 0.3) is 0 Å². The molecule has 1 aromatic rings. The number of rotatable bonds is 4. The smallest absolute Gasteiger partial charge is 0.251 e. The third kappa shape index (κ3) is 3.55. The molecule has 0 bridgehead atoms. The zero-order valence-corrected chi connectivity index (χ0v) is 14.6. The van der Waals surface area contributed by atoms with E-state index in [2.05, 4.69) is 5.32 Å². The topological polar surface area (TPSA) is 83.6 Å². The molecule has 1 heterocycles. The van der Waals surface area contributed by atoms with Crippen LogP contribution in [0.4, 0.5) is 5.69 Å². The number of anilines is 1. The van der Waals surface area contributed by atoms with E-state index in [1.807, 2.05) is 13.8 Å². The Morgan fingerprint density at radius 2 is 2.00 bits per heavy atom. The quantitative estimate of drug-likeness (QED) is 0.907. The number of amides is 2. The van der Waals surface area contributed by atoms with Crippen LogP contribution in [0.5, 0.6) is 0 Å². The summed E-state index contributed by atoms with van der Waals surface area (Å²) in [5.74, 6) is -0.688. The van der Waals surface area contributed by atoms with Crippen molar-refractivity contribution in [2.75, 3.05) is 16.6 Å². The maximum Gasteiger partial charge on any atom is 0.251 e. The highest BCUT2D eigenvalue weighted by atomic mass is 32.2. The highest BCUT2D eigenvalue weighted by molar-refractivity contribution is 7.94. The summed E-state index contributed by atoms with van der Waals surface area (Å²) in [6.07, 6.45) is 0. The van der Waals surface area contributed by atoms with E-state index in [-0.39, 0.29) is 17.3 Å². The van der Waals surface area contributed by atoms with E-state index >= 15 is 0 Å². The first-order chi connectivity index (χ1) is 10.5. The van der Waals surface area contributed by atoms with Crippen LogP contribution in [-0.4, -0.2) is 32.5 Å². The van der Waals surface area contributed by atoms with Gasteiger partial charge in [0.25, 0.3) is 5.91 Å². The molecule has 2 rings (SSSR count). The second kappa shape index (κ2) is 5.96. The van der Waals surface area contributed by atoms with Gasteiger partial charge in [0.05, 0.1) is 16.9 Å². The standard InChI is InChI=1S/C16H22N2O4S/c1-11(2)9-17-14(19)12-6-5-7-13(8-12)18-15(20)16(3,4)10-23(18,21)22/h5-8,11H,9-10H2,1-4H3,(H,17,19). The lowest BCUT2D eigenvalue weighted by atomic mass is 9.95. The average Bonchev–Trinajstić information content (AvgIpc) is 2.60. The summed E-state index contributed by atoms with van der Waals surface area (Å²) in [6.45, 7) is 7.69.